The van der Waals surface area contributed by atoms with Crippen molar-refractivity contribution in [3.63, 3.8) is 0 Å². The zero-order chi connectivity index (χ0) is 11.5. The minimum atomic E-state index is 0.807. The predicted octanol–water partition coefficient (Wildman–Crippen LogP) is 3.98. The van der Waals surface area contributed by atoms with E-state index in [1.165, 1.54) is 44.9 Å². The zero-order valence-corrected chi connectivity index (χ0v) is 11.3. The van der Waals surface area contributed by atoms with E-state index in [-0.39, 0.29) is 0 Å². The standard InChI is InChI=1S/C15H29N/c1-11-8-9-15(13(3)10-11)16-14-7-5-4-6-12(14)2/h11-16H,4-10H2,1-3H3. The van der Waals surface area contributed by atoms with E-state index in [4.69, 9.17) is 0 Å². The molecule has 0 aliphatic heterocycles. The molecule has 1 nitrogen and oxygen atoms in total. The number of hydrogen-bond acceptors (Lipinski definition) is 1. The Bertz CT molecular complexity index is 213. The normalized spacial score (nSPS) is 45.6. The van der Waals surface area contributed by atoms with Crippen LogP contribution in [-0.4, -0.2) is 12.1 Å². The van der Waals surface area contributed by atoms with E-state index in [2.05, 4.69) is 26.1 Å². The van der Waals surface area contributed by atoms with Crippen molar-refractivity contribution in [3.8, 4) is 0 Å². The van der Waals surface area contributed by atoms with Gasteiger partial charge in [-0.1, -0.05) is 33.6 Å². The first kappa shape index (κ1) is 12.4. The van der Waals surface area contributed by atoms with Crippen LogP contribution in [0.5, 0.6) is 0 Å². The lowest BCUT2D eigenvalue weighted by molar-refractivity contribution is 0.176. The van der Waals surface area contributed by atoms with Crippen molar-refractivity contribution in [2.75, 3.05) is 0 Å². The molecular formula is C15H29N. The fourth-order valence-corrected chi connectivity index (χ4v) is 3.75. The first-order valence-corrected chi connectivity index (χ1v) is 7.43. The van der Waals surface area contributed by atoms with E-state index in [0.717, 1.165) is 29.8 Å². The van der Waals surface area contributed by atoms with Crippen LogP contribution in [-0.2, 0) is 0 Å². The molecule has 0 radical (unpaired) electrons. The van der Waals surface area contributed by atoms with Gasteiger partial charge in [0.05, 0.1) is 0 Å². The summed E-state index contributed by atoms with van der Waals surface area (Å²) in [6, 6.07) is 1.62. The fourth-order valence-electron chi connectivity index (χ4n) is 3.75. The van der Waals surface area contributed by atoms with Crippen LogP contribution in [0.4, 0.5) is 0 Å². The summed E-state index contributed by atoms with van der Waals surface area (Å²) in [5.41, 5.74) is 0. The van der Waals surface area contributed by atoms with Crippen LogP contribution in [0.3, 0.4) is 0 Å². The lowest BCUT2D eigenvalue weighted by Gasteiger charge is -2.39. The highest BCUT2D eigenvalue weighted by molar-refractivity contribution is 4.87. The van der Waals surface area contributed by atoms with Gasteiger partial charge < -0.3 is 5.32 Å². The van der Waals surface area contributed by atoms with E-state index in [0.29, 0.717) is 0 Å². The Kier molecular flexibility index (Phi) is 4.29. The van der Waals surface area contributed by atoms with Crippen molar-refractivity contribution in [3.05, 3.63) is 0 Å². The molecule has 2 saturated carbocycles. The van der Waals surface area contributed by atoms with Gasteiger partial charge in [-0.2, -0.15) is 0 Å². The smallest absolute Gasteiger partial charge is 0.00955 e. The van der Waals surface area contributed by atoms with E-state index < -0.39 is 0 Å². The molecule has 2 aliphatic carbocycles. The Morgan fingerprint density at radius 2 is 1.44 bits per heavy atom. The zero-order valence-electron chi connectivity index (χ0n) is 11.3. The van der Waals surface area contributed by atoms with Gasteiger partial charge in [0.25, 0.3) is 0 Å². The summed E-state index contributed by atoms with van der Waals surface area (Å²) in [5, 5.41) is 3.98. The average molecular weight is 223 g/mol. The van der Waals surface area contributed by atoms with Crippen molar-refractivity contribution in [1.82, 2.24) is 5.32 Å². The second-order valence-corrected chi connectivity index (χ2v) is 6.54. The van der Waals surface area contributed by atoms with Crippen molar-refractivity contribution in [2.24, 2.45) is 17.8 Å². The van der Waals surface area contributed by atoms with Crippen LogP contribution in [0, 0.1) is 17.8 Å². The summed E-state index contributed by atoms with van der Waals surface area (Å²) in [6.45, 7) is 7.30. The van der Waals surface area contributed by atoms with Crippen molar-refractivity contribution >= 4 is 0 Å². The third kappa shape index (κ3) is 3.00. The largest absolute Gasteiger partial charge is 0.311 e. The molecule has 0 aromatic rings. The molecule has 0 saturated heterocycles. The molecule has 0 bridgehead atoms. The summed E-state index contributed by atoms with van der Waals surface area (Å²) in [6.07, 6.45) is 10.0. The molecule has 5 unspecified atom stereocenters. The average Bonchev–Trinajstić information content (AvgIpc) is 2.25. The molecule has 1 heteroatoms. The minimum Gasteiger partial charge on any atom is -0.311 e. The van der Waals surface area contributed by atoms with Crippen molar-refractivity contribution in [1.29, 1.82) is 0 Å². The molecule has 94 valence electrons. The third-order valence-corrected chi connectivity index (χ3v) is 4.97. The molecule has 2 rings (SSSR count). The number of nitrogens with one attached hydrogen (secondary N) is 1. The van der Waals surface area contributed by atoms with Crippen LogP contribution in [0.1, 0.15) is 65.7 Å². The van der Waals surface area contributed by atoms with Crippen molar-refractivity contribution < 1.29 is 0 Å². The number of rotatable bonds is 2. The van der Waals surface area contributed by atoms with E-state index in [9.17, 15) is 0 Å². The van der Waals surface area contributed by atoms with Crippen LogP contribution in [0.2, 0.25) is 0 Å². The SMILES string of the molecule is CC1CCC(NC2CCCCC2C)C(C)C1. The maximum Gasteiger partial charge on any atom is 0.00955 e. The van der Waals surface area contributed by atoms with Crippen molar-refractivity contribution in [2.45, 2.75) is 77.8 Å². The van der Waals surface area contributed by atoms with E-state index in [1.54, 1.807) is 0 Å². The second-order valence-electron chi connectivity index (χ2n) is 6.54. The molecule has 5 atom stereocenters. The van der Waals surface area contributed by atoms with Gasteiger partial charge in [0.15, 0.2) is 0 Å². The van der Waals surface area contributed by atoms with Gasteiger partial charge in [0, 0.05) is 12.1 Å². The maximum absolute atomic E-state index is 3.98. The number of hydrogen-bond donors (Lipinski definition) is 1. The van der Waals surface area contributed by atoms with Crippen LogP contribution < -0.4 is 5.32 Å². The highest BCUT2D eigenvalue weighted by atomic mass is 15.0. The highest BCUT2D eigenvalue weighted by Crippen LogP contribution is 2.31. The van der Waals surface area contributed by atoms with Gasteiger partial charge >= 0.3 is 0 Å². The molecule has 1 N–H and O–H groups in total. The first-order chi connectivity index (χ1) is 7.66. The molecule has 0 aromatic carbocycles. The molecule has 2 aliphatic rings. The first-order valence-electron chi connectivity index (χ1n) is 7.43. The quantitative estimate of drug-likeness (QED) is 0.746. The minimum absolute atomic E-state index is 0.807. The summed E-state index contributed by atoms with van der Waals surface area (Å²) in [7, 11) is 0. The van der Waals surface area contributed by atoms with Gasteiger partial charge in [-0.3, -0.25) is 0 Å². The summed E-state index contributed by atoms with van der Waals surface area (Å²) < 4.78 is 0. The van der Waals surface area contributed by atoms with Crippen LogP contribution in [0.15, 0.2) is 0 Å². The van der Waals surface area contributed by atoms with E-state index in [1.807, 2.05) is 0 Å². The summed E-state index contributed by atoms with van der Waals surface area (Å²) in [4.78, 5) is 0. The molecule has 2 fully saturated rings. The Morgan fingerprint density at radius 1 is 0.750 bits per heavy atom. The van der Waals surface area contributed by atoms with Gasteiger partial charge in [0.1, 0.15) is 0 Å². The lowest BCUT2D eigenvalue weighted by Crippen LogP contribution is -2.48. The Labute approximate surface area is 101 Å². The molecule has 0 spiro atoms. The summed E-state index contributed by atoms with van der Waals surface area (Å²) in [5.74, 6) is 2.75. The van der Waals surface area contributed by atoms with E-state index >= 15 is 0 Å². The lowest BCUT2D eigenvalue weighted by atomic mass is 9.78. The maximum atomic E-state index is 3.98. The molecule has 0 aromatic heterocycles. The Balaban J connectivity index is 1.83. The van der Waals surface area contributed by atoms with Gasteiger partial charge in [-0.25, -0.2) is 0 Å². The Morgan fingerprint density at radius 3 is 2.12 bits per heavy atom. The molecular weight excluding hydrogens is 194 g/mol. The van der Waals surface area contributed by atoms with Gasteiger partial charge in [0.2, 0.25) is 0 Å². The monoisotopic (exact) mass is 223 g/mol. The molecule has 16 heavy (non-hydrogen) atoms. The van der Waals surface area contributed by atoms with Crippen LogP contribution in [0.25, 0.3) is 0 Å². The topological polar surface area (TPSA) is 12.0 Å². The predicted molar refractivity (Wildman–Crippen MR) is 70.5 cm³/mol. The fraction of sp³-hybridized carbons (Fsp3) is 1.00. The highest BCUT2D eigenvalue weighted by Gasteiger charge is 2.29. The van der Waals surface area contributed by atoms with Gasteiger partial charge in [-0.05, 0) is 49.9 Å². The molecule has 0 heterocycles. The third-order valence-electron chi connectivity index (χ3n) is 4.97. The van der Waals surface area contributed by atoms with Crippen LogP contribution >= 0.6 is 0 Å². The Hall–Kier alpha value is -0.0400. The second kappa shape index (κ2) is 5.53. The molecule has 0 amide bonds. The van der Waals surface area contributed by atoms with Gasteiger partial charge in [-0.15, -0.1) is 0 Å². The summed E-state index contributed by atoms with van der Waals surface area (Å²) >= 11 is 0.